The van der Waals surface area contributed by atoms with Crippen LogP contribution in [0.25, 0.3) is 0 Å². The van der Waals surface area contributed by atoms with E-state index in [1.807, 2.05) is 18.2 Å². The molecule has 6 nitrogen and oxygen atoms in total. The van der Waals surface area contributed by atoms with E-state index < -0.39 is 6.09 Å². The molecule has 1 saturated heterocycles. The Kier molecular flexibility index (Phi) is 3.92. The number of hydrogen-bond donors (Lipinski definition) is 1. The number of piperidine rings is 1. The van der Waals surface area contributed by atoms with E-state index in [0.29, 0.717) is 19.0 Å². The van der Waals surface area contributed by atoms with Gasteiger partial charge in [-0.15, -0.1) is 0 Å². The lowest BCUT2D eigenvalue weighted by atomic mass is 9.89. The summed E-state index contributed by atoms with van der Waals surface area (Å²) in [5.41, 5.74) is 1.92. The Bertz CT molecular complexity index is 594. The molecule has 0 atom stereocenters. The highest BCUT2D eigenvalue weighted by atomic mass is 16.5. The number of likely N-dealkylation sites (N-methyl/N-ethyl adjacent to an activating group) is 1. The Hall–Kier alpha value is -2.24. The van der Waals surface area contributed by atoms with E-state index in [4.69, 9.17) is 9.84 Å². The lowest BCUT2D eigenvalue weighted by molar-refractivity contribution is -0.121. The fourth-order valence-corrected chi connectivity index (χ4v) is 3.17. The molecule has 2 heterocycles. The maximum absolute atomic E-state index is 11.7. The van der Waals surface area contributed by atoms with Crippen molar-refractivity contribution < 1.29 is 19.4 Å². The van der Waals surface area contributed by atoms with Gasteiger partial charge in [-0.05, 0) is 36.8 Å². The molecule has 0 saturated carbocycles. The molecule has 0 radical (unpaired) electrons. The van der Waals surface area contributed by atoms with Crippen LogP contribution in [-0.2, 0) is 11.2 Å². The summed E-state index contributed by atoms with van der Waals surface area (Å²) in [5.74, 6) is 1.21. The summed E-state index contributed by atoms with van der Waals surface area (Å²) in [6.07, 6.45) is 1.76. The number of benzene rings is 1. The molecule has 2 aliphatic heterocycles. The Morgan fingerprint density at radius 1 is 1.36 bits per heavy atom. The van der Waals surface area contributed by atoms with E-state index in [-0.39, 0.29) is 12.5 Å². The van der Waals surface area contributed by atoms with Crippen LogP contribution < -0.4 is 9.64 Å². The molecule has 0 bridgehead atoms. The predicted molar refractivity (Wildman–Crippen MR) is 81.4 cm³/mol. The van der Waals surface area contributed by atoms with Gasteiger partial charge in [-0.2, -0.15) is 0 Å². The minimum absolute atomic E-state index is 0.0422. The Balaban J connectivity index is 1.72. The molecule has 6 heteroatoms. The first-order chi connectivity index (χ1) is 10.6. The molecular weight excluding hydrogens is 284 g/mol. The van der Waals surface area contributed by atoms with Crippen molar-refractivity contribution in [2.24, 2.45) is 5.92 Å². The number of carboxylic acid groups (broad SMARTS) is 1. The van der Waals surface area contributed by atoms with E-state index in [0.717, 1.165) is 36.3 Å². The van der Waals surface area contributed by atoms with Crippen LogP contribution in [0.5, 0.6) is 5.75 Å². The molecule has 1 aromatic carbocycles. The summed E-state index contributed by atoms with van der Waals surface area (Å²) < 4.78 is 5.64. The highest BCUT2D eigenvalue weighted by Gasteiger charge is 2.27. The van der Waals surface area contributed by atoms with Gasteiger partial charge in [-0.3, -0.25) is 4.79 Å². The molecule has 1 aromatic rings. The largest absolute Gasteiger partial charge is 0.481 e. The third kappa shape index (κ3) is 2.73. The van der Waals surface area contributed by atoms with Crippen LogP contribution in [0.3, 0.4) is 0 Å². The highest BCUT2D eigenvalue weighted by molar-refractivity contribution is 5.97. The van der Waals surface area contributed by atoms with E-state index in [9.17, 15) is 9.59 Å². The van der Waals surface area contributed by atoms with Gasteiger partial charge in [0.2, 0.25) is 0 Å². The number of carbonyl (C=O) groups excluding carboxylic acids is 1. The first-order valence-electron chi connectivity index (χ1n) is 7.55. The maximum atomic E-state index is 11.7. The second kappa shape index (κ2) is 5.87. The summed E-state index contributed by atoms with van der Waals surface area (Å²) in [6.45, 7) is 1.26. The van der Waals surface area contributed by atoms with Gasteiger partial charge in [0.1, 0.15) is 5.75 Å². The number of carbonyl (C=O) groups is 2. The van der Waals surface area contributed by atoms with Gasteiger partial charge in [0.25, 0.3) is 5.91 Å². The number of ether oxygens (including phenoxy) is 1. The van der Waals surface area contributed by atoms with E-state index in [1.54, 1.807) is 11.9 Å². The zero-order valence-corrected chi connectivity index (χ0v) is 12.6. The molecule has 2 aliphatic rings. The SMILES string of the molecule is CN1C(=O)COc2c(CC3CCN(C(=O)O)CC3)cccc21. The number of anilines is 1. The molecule has 22 heavy (non-hydrogen) atoms. The van der Waals surface area contributed by atoms with Gasteiger partial charge in [-0.25, -0.2) is 4.79 Å². The minimum Gasteiger partial charge on any atom is -0.481 e. The highest BCUT2D eigenvalue weighted by Crippen LogP contribution is 2.36. The average molecular weight is 304 g/mol. The smallest absolute Gasteiger partial charge is 0.407 e. The van der Waals surface area contributed by atoms with Crippen LogP contribution in [0.4, 0.5) is 10.5 Å². The van der Waals surface area contributed by atoms with Crippen LogP contribution in [0.1, 0.15) is 18.4 Å². The van der Waals surface area contributed by atoms with E-state index >= 15 is 0 Å². The Labute approximate surface area is 129 Å². The number of likely N-dealkylation sites (tertiary alicyclic amines) is 1. The summed E-state index contributed by atoms with van der Waals surface area (Å²) in [4.78, 5) is 25.8. The molecule has 0 aliphatic carbocycles. The zero-order valence-electron chi connectivity index (χ0n) is 12.6. The van der Waals surface area contributed by atoms with Gasteiger partial charge < -0.3 is 19.6 Å². The number of rotatable bonds is 2. The van der Waals surface area contributed by atoms with Crippen LogP contribution in [0.15, 0.2) is 18.2 Å². The standard InChI is InChI=1S/C16H20N2O4/c1-17-13-4-2-3-12(15(13)22-10-14(17)19)9-11-5-7-18(8-6-11)16(20)21/h2-4,11H,5-10H2,1H3,(H,20,21). The molecule has 0 spiro atoms. The molecule has 1 fully saturated rings. The van der Waals surface area contributed by atoms with Crippen LogP contribution in [0, 0.1) is 5.92 Å². The second-order valence-electron chi connectivity index (χ2n) is 5.92. The summed E-state index contributed by atoms with van der Waals surface area (Å²) >= 11 is 0. The second-order valence-corrected chi connectivity index (χ2v) is 5.92. The van der Waals surface area contributed by atoms with Crippen molar-refractivity contribution in [3.63, 3.8) is 0 Å². The van der Waals surface area contributed by atoms with Crippen molar-refractivity contribution >= 4 is 17.7 Å². The number of fused-ring (bicyclic) bond motifs is 1. The molecule has 0 aromatic heterocycles. The summed E-state index contributed by atoms with van der Waals surface area (Å²) in [5, 5.41) is 8.99. The van der Waals surface area contributed by atoms with Crippen LogP contribution in [-0.4, -0.2) is 48.8 Å². The fourth-order valence-electron chi connectivity index (χ4n) is 3.17. The molecule has 0 unspecified atom stereocenters. The summed E-state index contributed by atoms with van der Waals surface area (Å²) in [7, 11) is 1.76. The third-order valence-corrected chi connectivity index (χ3v) is 4.54. The quantitative estimate of drug-likeness (QED) is 0.907. The van der Waals surface area contributed by atoms with Gasteiger partial charge in [0.05, 0.1) is 5.69 Å². The van der Waals surface area contributed by atoms with Crippen molar-refractivity contribution in [2.45, 2.75) is 19.3 Å². The normalized spacial score (nSPS) is 18.9. The number of nitrogens with zero attached hydrogens (tertiary/aromatic N) is 2. The molecule has 1 N–H and O–H groups in total. The number of amides is 2. The van der Waals surface area contributed by atoms with Gasteiger partial charge >= 0.3 is 6.09 Å². The lowest BCUT2D eigenvalue weighted by Gasteiger charge is -2.32. The zero-order chi connectivity index (χ0) is 15.7. The Morgan fingerprint density at radius 3 is 2.77 bits per heavy atom. The fraction of sp³-hybridized carbons (Fsp3) is 0.500. The van der Waals surface area contributed by atoms with E-state index in [2.05, 4.69) is 0 Å². The Morgan fingerprint density at radius 2 is 2.09 bits per heavy atom. The first kappa shape index (κ1) is 14.7. The predicted octanol–water partition coefficient (Wildman–Crippen LogP) is 1.97. The molecule has 118 valence electrons. The topological polar surface area (TPSA) is 70.1 Å². The van der Waals surface area contributed by atoms with Gasteiger partial charge in [0, 0.05) is 20.1 Å². The van der Waals surface area contributed by atoms with E-state index in [1.165, 1.54) is 4.90 Å². The molecule has 3 rings (SSSR count). The number of para-hydroxylation sites is 1. The van der Waals surface area contributed by atoms with Crippen molar-refractivity contribution in [3.05, 3.63) is 23.8 Å². The van der Waals surface area contributed by atoms with Crippen LogP contribution >= 0.6 is 0 Å². The van der Waals surface area contributed by atoms with Crippen molar-refractivity contribution in [3.8, 4) is 5.75 Å². The molecule has 2 amide bonds. The molecular formula is C16H20N2O4. The van der Waals surface area contributed by atoms with Crippen molar-refractivity contribution in [1.29, 1.82) is 0 Å². The lowest BCUT2D eigenvalue weighted by Crippen LogP contribution is -2.38. The van der Waals surface area contributed by atoms with Crippen LogP contribution in [0.2, 0.25) is 0 Å². The minimum atomic E-state index is -0.834. The van der Waals surface area contributed by atoms with Gasteiger partial charge in [0.15, 0.2) is 6.61 Å². The number of hydrogen-bond acceptors (Lipinski definition) is 3. The summed E-state index contributed by atoms with van der Waals surface area (Å²) in [6, 6.07) is 5.87. The average Bonchev–Trinajstić information content (AvgIpc) is 2.52. The first-order valence-corrected chi connectivity index (χ1v) is 7.55. The van der Waals surface area contributed by atoms with Gasteiger partial charge in [-0.1, -0.05) is 12.1 Å². The van der Waals surface area contributed by atoms with Crippen molar-refractivity contribution in [1.82, 2.24) is 4.90 Å². The van der Waals surface area contributed by atoms with Crippen molar-refractivity contribution in [2.75, 3.05) is 31.6 Å². The third-order valence-electron chi connectivity index (χ3n) is 4.54. The monoisotopic (exact) mass is 304 g/mol. The maximum Gasteiger partial charge on any atom is 0.407 e.